The highest BCUT2D eigenvalue weighted by Crippen LogP contribution is 1.96. The number of nitrogens with one attached hydrogen (secondary N) is 1. The summed E-state index contributed by atoms with van der Waals surface area (Å²) in [5.41, 5.74) is 0. The fourth-order valence-electron chi connectivity index (χ4n) is 0.192. The van der Waals surface area contributed by atoms with Gasteiger partial charge in [0.05, 0.1) is 0 Å². The summed E-state index contributed by atoms with van der Waals surface area (Å²) >= 11 is 0. The standard InChI is InChI=1S/C3H5NS/c4-5-2-1-3-5/h1-2,4H,3H2. The molecule has 0 aromatic carbocycles. The number of hydrogen-bond donors (Lipinski definition) is 1. The predicted molar refractivity (Wildman–Crippen MR) is 24.1 cm³/mol. The quantitative estimate of drug-likeness (QED) is 0.454. The Morgan fingerprint density at radius 3 is 2.20 bits per heavy atom. The van der Waals surface area contributed by atoms with Crippen LogP contribution in [-0.4, -0.2) is 5.75 Å². The third kappa shape index (κ3) is 0.401. The number of rotatable bonds is 0. The van der Waals surface area contributed by atoms with Gasteiger partial charge in [-0.25, -0.2) is 0 Å². The van der Waals surface area contributed by atoms with Crippen molar-refractivity contribution in [2.24, 2.45) is 0 Å². The molecule has 5 heavy (non-hydrogen) atoms. The Balaban J connectivity index is 2.71. The molecule has 1 aliphatic rings. The van der Waals surface area contributed by atoms with Gasteiger partial charge >= 0.3 is 0 Å². The molecule has 0 saturated carbocycles. The Hall–Kier alpha value is -0.110. The van der Waals surface area contributed by atoms with Crippen LogP contribution in [0.25, 0.3) is 0 Å². The van der Waals surface area contributed by atoms with Gasteiger partial charge in [-0.15, -0.1) is 0 Å². The lowest BCUT2D eigenvalue weighted by Crippen LogP contribution is -1.94. The van der Waals surface area contributed by atoms with E-state index in [2.05, 4.69) is 0 Å². The van der Waals surface area contributed by atoms with Crippen LogP contribution >= 0.6 is 0 Å². The first-order valence-corrected chi connectivity index (χ1v) is 2.93. The molecule has 1 rings (SSSR count). The van der Waals surface area contributed by atoms with E-state index < -0.39 is 0 Å². The van der Waals surface area contributed by atoms with Crippen LogP contribution in [0, 0.1) is 4.78 Å². The van der Waals surface area contributed by atoms with E-state index in [1.54, 1.807) is 0 Å². The van der Waals surface area contributed by atoms with Crippen molar-refractivity contribution in [3.05, 3.63) is 11.5 Å². The van der Waals surface area contributed by atoms with E-state index in [0.717, 1.165) is 5.75 Å². The highest BCUT2D eigenvalue weighted by molar-refractivity contribution is 7.90. The largest absolute Gasteiger partial charge is 0.276 e. The van der Waals surface area contributed by atoms with Gasteiger partial charge in [-0.2, -0.15) is 0 Å². The van der Waals surface area contributed by atoms with E-state index in [-0.39, 0.29) is 10.7 Å². The smallest absolute Gasteiger partial charge is 0.0266 e. The van der Waals surface area contributed by atoms with E-state index in [9.17, 15) is 0 Å². The van der Waals surface area contributed by atoms with Crippen molar-refractivity contribution in [2.75, 3.05) is 5.75 Å². The summed E-state index contributed by atoms with van der Waals surface area (Å²) in [7, 11) is -0.0725. The molecule has 0 aromatic rings. The van der Waals surface area contributed by atoms with Crippen LogP contribution < -0.4 is 0 Å². The summed E-state index contributed by atoms with van der Waals surface area (Å²) in [5.74, 6) is 1.00. The molecule has 0 spiro atoms. The molecule has 0 saturated heterocycles. The molecule has 1 aliphatic heterocycles. The zero-order valence-corrected chi connectivity index (χ0v) is 3.59. The Kier molecular flexibility index (Phi) is 0.580. The van der Waals surface area contributed by atoms with Gasteiger partial charge in [0.25, 0.3) is 0 Å². The Labute approximate surface area is 33.6 Å². The van der Waals surface area contributed by atoms with Gasteiger partial charge in [0.15, 0.2) is 0 Å². The first kappa shape index (κ1) is 3.09. The molecule has 0 fully saturated rings. The second kappa shape index (κ2) is 0.937. The van der Waals surface area contributed by atoms with Crippen molar-refractivity contribution in [1.82, 2.24) is 0 Å². The third-order valence-electron chi connectivity index (χ3n) is 0.536. The third-order valence-corrected chi connectivity index (χ3v) is 1.61. The van der Waals surface area contributed by atoms with Gasteiger partial charge in [0.1, 0.15) is 0 Å². The molecule has 0 aromatic heterocycles. The van der Waals surface area contributed by atoms with E-state index in [4.69, 9.17) is 4.78 Å². The van der Waals surface area contributed by atoms with Crippen LogP contribution in [-0.2, 0) is 10.7 Å². The molecule has 0 bridgehead atoms. The first-order valence-electron chi connectivity index (χ1n) is 1.47. The van der Waals surface area contributed by atoms with Gasteiger partial charge in [-0.05, 0) is 5.41 Å². The van der Waals surface area contributed by atoms with Crippen LogP contribution in [0.15, 0.2) is 11.5 Å². The van der Waals surface area contributed by atoms with Crippen LogP contribution in [0.4, 0.5) is 0 Å². The Bertz CT molecular complexity index is 84.9. The second-order valence-corrected chi connectivity index (χ2v) is 2.43. The Morgan fingerprint density at radius 2 is 2.20 bits per heavy atom. The molecule has 2 heteroatoms. The highest BCUT2D eigenvalue weighted by Gasteiger charge is 1.90. The van der Waals surface area contributed by atoms with Crippen molar-refractivity contribution in [3.8, 4) is 0 Å². The average molecular weight is 87.1 g/mol. The summed E-state index contributed by atoms with van der Waals surface area (Å²) in [6.45, 7) is 0. The lowest BCUT2D eigenvalue weighted by Gasteiger charge is -1.99. The zero-order valence-electron chi connectivity index (χ0n) is 2.77. The molecule has 28 valence electrons. The summed E-state index contributed by atoms with van der Waals surface area (Å²) in [6, 6.07) is 0. The molecule has 1 unspecified atom stereocenters. The van der Waals surface area contributed by atoms with Gasteiger partial charge in [-0.1, -0.05) is 16.8 Å². The fraction of sp³-hybridized carbons (Fsp3) is 0.333. The fourth-order valence-corrected chi connectivity index (χ4v) is 0.577. The first-order chi connectivity index (χ1) is 2.39. The summed E-state index contributed by atoms with van der Waals surface area (Å²) in [4.78, 5) is 0. The maximum absolute atomic E-state index is 6.85. The second-order valence-electron chi connectivity index (χ2n) is 0.967. The van der Waals surface area contributed by atoms with Gasteiger partial charge in [0, 0.05) is 5.75 Å². The monoisotopic (exact) mass is 87.0 g/mol. The van der Waals surface area contributed by atoms with E-state index in [1.165, 1.54) is 0 Å². The molecule has 1 atom stereocenters. The van der Waals surface area contributed by atoms with Crippen LogP contribution in [0.1, 0.15) is 0 Å². The molecule has 0 radical (unpaired) electrons. The molecule has 1 heterocycles. The van der Waals surface area contributed by atoms with E-state index in [0.29, 0.717) is 0 Å². The topological polar surface area (TPSA) is 23.9 Å². The summed E-state index contributed by atoms with van der Waals surface area (Å²) in [6.07, 6.45) is 2.02. The van der Waals surface area contributed by atoms with E-state index >= 15 is 0 Å². The van der Waals surface area contributed by atoms with Gasteiger partial charge in [-0.3, -0.25) is 4.78 Å². The van der Waals surface area contributed by atoms with Crippen LogP contribution in [0.5, 0.6) is 0 Å². The van der Waals surface area contributed by atoms with Gasteiger partial charge in [0.2, 0.25) is 0 Å². The summed E-state index contributed by atoms with van der Waals surface area (Å²) in [5, 5.41) is 1.92. The highest BCUT2D eigenvalue weighted by atomic mass is 32.2. The maximum Gasteiger partial charge on any atom is 0.0266 e. The molecule has 0 aliphatic carbocycles. The van der Waals surface area contributed by atoms with Crippen LogP contribution in [0.3, 0.4) is 0 Å². The molecule has 1 nitrogen and oxygen atoms in total. The zero-order chi connectivity index (χ0) is 3.70. The molecule has 0 amide bonds. The van der Waals surface area contributed by atoms with Crippen molar-refractivity contribution in [2.45, 2.75) is 0 Å². The minimum absolute atomic E-state index is 0.0725. The van der Waals surface area contributed by atoms with Crippen molar-refractivity contribution < 1.29 is 0 Å². The minimum atomic E-state index is -0.0725. The summed E-state index contributed by atoms with van der Waals surface area (Å²) < 4.78 is 6.85. The Morgan fingerprint density at radius 1 is 1.80 bits per heavy atom. The predicted octanol–water partition coefficient (Wildman–Crippen LogP) is 0.894. The van der Waals surface area contributed by atoms with Crippen molar-refractivity contribution >= 4 is 10.7 Å². The normalized spacial score (nSPS) is 33.2. The lowest BCUT2D eigenvalue weighted by molar-refractivity contribution is 1.57. The lowest BCUT2D eigenvalue weighted by atomic mass is 10.7. The molecular formula is C3H5NS. The van der Waals surface area contributed by atoms with Crippen LogP contribution in [0.2, 0.25) is 0 Å². The minimum Gasteiger partial charge on any atom is -0.276 e. The number of hydrogen-bond acceptors (Lipinski definition) is 1. The maximum atomic E-state index is 6.85. The van der Waals surface area contributed by atoms with E-state index in [1.807, 2.05) is 11.5 Å². The van der Waals surface area contributed by atoms with Crippen molar-refractivity contribution in [1.29, 1.82) is 4.78 Å². The molecule has 1 N–H and O–H groups in total. The van der Waals surface area contributed by atoms with Gasteiger partial charge < -0.3 is 0 Å². The van der Waals surface area contributed by atoms with Crippen molar-refractivity contribution in [3.63, 3.8) is 0 Å². The molecular weight excluding hydrogens is 82.1 g/mol. The average Bonchev–Trinajstić information content (AvgIpc) is 1.30. The SMILES string of the molecule is N=S1C=CC1.